The molecule has 1 aromatic rings. The first kappa shape index (κ1) is 14.9. The Hall–Kier alpha value is -2.49. The number of fused-ring (bicyclic) bond motifs is 1. The minimum atomic E-state index is -4.78. The molecule has 0 saturated heterocycles. The molecule has 0 fully saturated rings. The van der Waals surface area contributed by atoms with Gasteiger partial charge in [0.2, 0.25) is 0 Å². The molecule has 1 unspecified atom stereocenters. The highest BCUT2D eigenvalue weighted by Crippen LogP contribution is 2.39. The molecule has 0 amide bonds. The van der Waals surface area contributed by atoms with E-state index in [1.807, 2.05) is 0 Å². The molecule has 0 radical (unpaired) electrons. The molecule has 0 bridgehead atoms. The SMILES string of the molecule is CCOC(=O)C1=Cc2ccccc2N(C#N)C1C(F)(F)F. The molecule has 0 N–H and O–H groups in total. The van der Waals surface area contributed by atoms with Crippen molar-refractivity contribution < 1.29 is 22.7 Å². The molecule has 1 atom stereocenters. The van der Waals surface area contributed by atoms with Crippen LogP contribution in [0, 0.1) is 11.5 Å². The van der Waals surface area contributed by atoms with Crippen molar-refractivity contribution in [2.45, 2.75) is 19.1 Å². The Bertz CT molecular complexity index is 632. The number of benzene rings is 1. The third kappa shape index (κ3) is 2.70. The molecule has 0 saturated carbocycles. The number of nitrogens with zero attached hydrogens (tertiary/aromatic N) is 2. The van der Waals surface area contributed by atoms with Crippen LogP contribution in [0.5, 0.6) is 0 Å². The van der Waals surface area contributed by atoms with Crippen molar-refractivity contribution in [1.29, 1.82) is 5.26 Å². The van der Waals surface area contributed by atoms with Crippen molar-refractivity contribution in [1.82, 2.24) is 0 Å². The smallest absolute Gasteiger partial charge is 0.414 e. The Morgan fingerprint density at radius 2 is 2.10 bits per heavy atom. The average Bonchev–Trinajstić information content (AvgIpc) is 2.44. The average molecular weight is 296 g/mol. The van der Waals surface area contributed by atoms with Gasteiger partial charge in [-0.2, -0.15) is 18.4 Å². The highest BCUT2D eigenvalue weighted by atomic mass is 19.4. The van der Waals surface area contributed by atoms with Gasteiger partial charge in [-0.25, -0.2) is 4.79 Å². The van der Waals surface area contributed by atoms with Crippen LogP contribution in [0.2, 0.25) is 0 Å². The molecular weight excluding hydrogens is 285 g/mol. The first-order chi connectivity index (χ1) is 9.90. The van der Waals surface area contributed by atoms with E-state index in [9.17, 15) is 18.0 Å². The van der Waals surface area contributed by atoms with Gasteiger partial charge in [0.1, 0.15) is 0 Å². The molecule has 0 spiro atoms. The Morgan fingerprint density at radius 3 is 2.67 bits per heavy atom. The molecule has 1 aliphatic rings. The van der Waals surface area contributed by atoms with E-state index in [-0.39, 0.29) is 12.3 Å². The van der Waals surface area contributed by atoms with Gasteiger partial charge in [-0.3, -0.25) is 4.90 Å². The zero-order valence-electron chi connectivity index (χ0n) is 11.0. The van der Waals surface area contributed by atoms with Gasteiger partial charge < -0.3 is 4.74 Å². The number of hydrogen-bond donors (Lipinski definition) is 0. The molecule has 0 aliphatic carbocycles. The lowest BCUT2D eigenvalue weighted by atomic mass is 9.95. The summed E-state index contributed by atoms with van der Waals surface area (Å²) in [6.07, 6.45) is -2.14. The molecule has 0 aromatic heterocycles. The number of ether oxygens (including phenoxy) is 1. The van der Waals surface area contributed by atoms with E-state index in [2.05, 4.69) is 4.74 Å². The lowest BCUT2D eigenvalue weighted by Crippen LogP contribution is -2.48. The standard InChI is InChI=1S/C14H11F3N2O2/c1-2-21-13(20)10-7-9-5-3-4-6-11(9)19(8-18)12(10)14(15,16)17/h3-7,12H,2H2,1H3. The summed E-state index contributed by atoms with van der Waals surface area (Å²) in [5, 5.41) is 9.10. The van der Waals surface area contributed by atoms with E-state index in [4.69, 9.17) is 5.26 Å². The number of para-hydroxylation sites is 1. The third-order valence-corrected chi connectivity index (χ3v) is 2.99. The maximum absolute atomic E-state index is 13.3. The molecule has 21 heavy (non-hydrogen) atoms. The van der Waals surface area contributed by atoms with Crippen LogP contribution in [0.25, 0.3) is 6.08 Å². The largest absolute Gasteiger partial charge is 0.463 e. The number of alkyl halides is 3. The van der Waals surface area contributed by atoms with Crippen LogP contribution in [0.4, 0.5) is 18.9 Å². The second-order valence-corrected chi connectivity index (χ2v) is 4.29. The minimum absolute atomic E-state index is 0.0467. The van der Waals surface area contributed by atoms with Crippen molar-refractivity contribution in [3.8, 4) is 6.19 Å². The lowest BCUT2D eigenvalue weighted by molar-refractivity contribution is -0.152. The van der Waals surface area contributed by atoms with Crippen molar-refractivity contribution in [3.05, 3.63) is 35.4 Å². The first-order valence-corrected chi connectivity index (χ1v) is 6.13. The summed E-state index contributed by atoms with van der Waals surface area (Å²) in [6, 6.07) is 3.74. The fourth-order valence-electron chi connectivity index (χ4n) is 2.17. The van der Waals surface area contributed by atoms with Crippen LogP contribution in [-0.4, -0.2) is 24.8 Å². The number of esters is 1. The maximum Gasteiger partial charge on any atom is 0.414 e. The van der Waals surface area contributed by atoms with Crippen LogP contribution in [0.3, 0.4) is 0 Å². The van der Waals surface area contributed by atoms with Crippen LogP contribution in [0.15, 0.2) is 29.8 Å². The molecule has 1 aliphatic heterocycles. The molecule has 1 aromatic carbocycles. The summed E-state index contributed by atoms with van der Waals surface area (Å²) in [5.41, 5.74) is -0.123. The van der Waals surface area contributed by atoms with Gasteiger partial charge in [-0.05, 0) is 24.6 Å². The van der Waals surface area contributed by atoms with Crippen LogP contribution in [0.1, 0.15) is 12.5 Å². The van der Waals surface area contributed by atoms with E-state index in [0.29, 0.717) is 10.5 Å². The zero-order valence-corrected chi connectivity index (χ0v) is 11.0. The third-order valence-electron chi connectivity index (χ3n) is 2.99. The monoisotopic (exact) mass is 296 g/mol. The van der Waals surface area contributed by atoms with Gasteiger partial charge in [-0.1, -0.05) is 18.2 Å². The Balaban J connectivity index is 2.62. The van der Waals surface area contributed by atoms with Gasteiger partial charge in [0.15, 0.2) is 12.2 Å². The summed E-state index contributed by atoms with van der Waals surface area (Å²) in [6.45, 7) is 1.45. The summed E-state index contributed by atoms with van der Waals surface area (Å²) in [4.78, 5) is 12.3. The number of rotatable bonds is 2. The van der Waals surface area contributed by atoms with Gasteiger partial charge >= 0.3 is 12.1 Å². The maximum atomic E-state index is 13.3. The summed E-state index contributed by atoms with van der Waals surface area (Å²) < 4.78 is 44.5. The van der Waals surface area contributed by atoms with Gasteiger partial charge in [-0.15, -0.1) is 0 Å². The highest BCUT2D eigenvalue weighted by molar-refractivity contribution is 5.99. The molecule has 2 rings (SSSR count). The quantitative estimate of drug-likeness (QED) is 0.622. The van der Waals surface area contributed by atoms with Crippen molar-refractivity contribution >= 4 is 17.7 Å². The number of carbonyl (C=O) groups is 1. The highest BCUT2D eigenvalue weighted by Gasteiger charge is 2.51. The predicted molar refractivity (Wildman–Crippen MR) is 69.0 cm³/mol. The molecule has 1 heterocycles. The summed E-state index contributed by atoms with van der Waals surface area (Å²) >= 11 is 0. The lowest BCUT2D eigenvalue weighted by Gasteiger charge is -2.33. The van der Waals surface area contributed by atoms with Gasteiger partial charge in [0.05, 0.1) is 17.9 Å². The number of halogens is 3. The number of carbonyl (C=O) groups excluding carboxylic acids is 1. The topological polar surface area (TPSA) is 53.3 Å². The van der Waals surface area contributed by atoms with Gasteiger partial charge in [0, 0.05) is 0 Å². The normalized spacial score (nSPS) is 17.6. The van der Waals surface area contributed by atoms with E-state index in [1.165, 1.54) is 31.3 Å². The van der Waals surface area contributed by atoms with Crippen molar-refractivity contribution in [2.75, 3.05) is 11.5 Å². The molecule has 4 nitrogen and oxygen atoms in total. The Labute approximate surface area is 119 Å². The zero-order chi connectivity index (χ0) is 15.6. The molecular formula is C14H11F3N2O2. The first-order valence-electron chi connectivity index (χ1n) is 6.13. The van der Waals surface area contributed by atoms with Crippen LogP contribution in [-0.2, 0) is 9.53 Å². The van der Waals surface area contributed by atoms with E-state index in [1.54, 1.807) is 6.07 Å². The fraction of sp³-hybridized carbons (Fsp3) is 0.286. The second kappa shape index (κ2) is 5.48. The summed E-state index contributed by atoms with van der Waals surface area (Å²) in [5.74, 6) is -1.07. The fourth-order valence-corrected chi connectivity index (χ4v) is 2.17. The Kier molecular flexibility index (Phi) is 3.89. The Morgan fingerprint density at radius 1 is 1.43 bits per heavy atom. The van der Waals surface area contributed by atoms with Crippen molar-refractivity contribution in [3.63, 3.8) is 0 Å². The second-order valence-electron chi connectivity index (χ2n) is 4.29. The molecule has 110 valence electrons. The number of hydrogen-bond acceptors (Lipinski definition) is 4. The van der Waals surface area contributed by atoms with Crippen LogP contribution < -0.4 is 4.90 Å². The van der Waals surface area contributed by atoms with Gasteiger partial charge in [0.25, 0.3) is 0 Å². The number of nitriles is 1. The minimum Gasteiger partial charge on any atom is -0.463 e. The molecule has 7 heteroatoms. The summed E-state index contributed by atoms with van der Waals surface area (Å²) in [7, 11) is 0. The predicted octanol–water partition coefficient (Wildman–Crippen LogP) is 2.87. The van der Waals surface area contributed by atoms with E-state index < -0.39 is 23.8 Å². The van der Waals surface area contributed by atoms with Crippen molar-refractivity contribution in [2.24, 2.45) is 0 Å². The van der Waals surface area contributed by atoms with E-state index in [0.717, 1.165) is 6.08 Å². The van der Waals surface area contributed by atoms with E-state index >= 15 is 0 Å². The number of anilines is 1. The van der Waals surface area contributed by atoms with Crippen LogP contribution >= 0.6 is 0 Å².